The van der Waals surface area contributed by atoms with Gasteiger partial charge in [-0.15, -0.1) is 11.3 Å². The summed E-state index contributed by atoms with van der Waals surface area (Å²) >= 11 is 7.57. The molecule has 0 bridgehead atoms. The summed E-state index contributed by atoms with van der Waals surface area (Å²) in [6, 6.07) is 13.8. The lowest BCUT2D eigenvalue weighted by Gasteiger charge is -1.96. The molecule has 0 saturated heterocycles. The van der Waals surface area contributed by atoms with Gasteiger partial charge in [0, 0.05) is 20.9 Å². The highest BCUT2D eigenvalue weighted by Crippen LogP contribution is 2.30. The molecular weight excluding hydrogens is 238 g/mol. The van der Waals surface area contributed by atoms with Crippen LogP contribution >= 0.6 is 22.9 Å². The number of benzene rings is 1. The van der Waals surface area contributed by atoms with Crippen LogP contribution < -0.4 is 0 Å². The third kappa shape index (κ3) is 2.52. The number of nitrogens with zero attached hydrogens (tertiary/aromatic N) is 1. The molecule has 1 nitrogen and oxygen atoms in total. The number of hydrogen-bond acceptors (Lipinski definition) is 2. The molecule has 0 aliphatic carbocycles. The maximum Gasteiger partial charge on any atom is 0.0912 e. The predicted octanol–water partition coefficient (Wildman–Crippen LogP) is 4.61. The molecule has 3 heteroatoms. The van der Waals surface area contributed by atoms with Crippen LogP contribution in [0.1, 0.15) is 4.88 Å². The highest BCUT2D eigenvalue weighted by molar-refractivity contribution is 7.16. The Labute approximate surface area is 103 Å². The van der Waals surface area contributed by atoms with Crippen LogP contribution in [0.4, 0.5) is 0 Å². The zero-order valence-electron chi connectivity index (χ0n) is 8.35. The molecule has 0 atom stereocenters. The summed E-state index contributed by atoms with van der Waals surface area (Å²) in [5, 5.41) is 9.17. The largest absolute Gasteiger partial charge is 0.193 e. The van der Waals surface area contributed by atoms with Crippen molar-refractivity contribution in [3.05, 3.63) is 52.4 Å². The zero-order chi connectivity index (χ0) is 11.4. The smallest absolute Gasteiger partial charge is 0.0912 e. The summed E-state index contributed by atoms with van der Waals surface area (Å²) in [6.45, 7) is 0. The van der Waals surface area contributed by atoms with Gasteiger partial charge in [0.2, 0.25) is 0 Å². The van der Waals surface area contributed by atoms with E-state index in [0.29, 0.717) is 0 Å². The van der Waals surface area contributed by atoms with Crippen molar-refractivity contribution in [2.75, 3.05) is 0 Å². The lowest BCUT2D eigenvalue weighted by atomic mass is 10.2. The summed E-state index contributed by atoms with van der Waals surface area (Å²) in [7, 11) is 0. The Bertz CT molecular complexity index is 563. The highest BCUT2D eigenvalue weighted by atomic mass is 35.5. The average Bonchev–Trinajstić information content (AvgIpc) is 2.75. The molecule has 1 aromatic carbocycles. The normalized spacial score (nSPS) is 10.5. The Morgan fingerprint density at radius 2 is 2.12 bits per heavy atom. The molecule has 2 rings (SSSR count). The van der Waals surface area contributed by atoms with Gasteiger partial charge in [-0.2, -0.15) is 5.26 Å². The van der Waals surface area contributed by atoms with E-state index in [1.807, 2.05) is 42.5 Å². The molecule has 0 aliphatic heterocycles. The third-order valence-electron chi connectivity index (χ3n) is 2.06. The van der Waals surface area contributed by atoms with E-state index in [1.165, 1.54) is 6.08 Å². The van der Waals surface area contributed by atoms with E-state index >= 15 is 0 Å². The van der Waals surface area contributed by atoms with Crippen LogP contribution in [0.25, 0.3) is 16.5 Å². The van der Waals surface area contributed by atoms with Gasteiger partial charge in [0.1, 0.15) is 0 Å². The van der Waals surface area contributed by atoms with Gasteiger partial charge in [0.05, 0.1) is 6.07 Å². The topological polar surface area (TPSA) is 23.8 Å². The van der Waals surface area contributed by atoms with Gasteiger partial charge in [0.15, 0.2) is 0 Å². The average molecular weight is 246 g/mol. The SMILES string of the molecule is N#C/C=C/c1ccc(-c2cccc(Cl)c2)s1. The molecule has 0 saturated carbocycles. The Hall–Kier alpha value is -1.56. The van der Waals surface area contributed by atoms with E-state index in [-0.39, 0.29) is 0 Å². The minimum atomic E-state index is 0.736. The van der Waals surface area contributed by atoms with Gasteiger partial charge in [0.25, 0.3) is 0 Å². The van der Waals surface area contributed by atoms with Crippen molar-refractivity contribution in [1.82, 2.24) is 0 Å². The maximum absolute atomic E-state index is 8.44. The third-order valence-corrected chi connectivity index (χ3v) is 3.39. The Kier molecular flexibility index (Phi) is 3.40. The van der Waals surface area contributed by atoms with Crippen molar-refractivity contribution in [3.8, 4) is 16.5 Å². The highest BCUT2D eigenvalue weighted by Gasteiger charge is 2.01. The summed E-state index contributed by atoms with van der Waals surface area (Å²) < 4.78 is 0. The molecular formula is C13H8ClNS. The molecule has 78 valence electrons. The van der Waals surface area contributed by atoms with E-state index in [2.05, 4.69) is 0 Å². The number of rotatable bonds is 2. The molecule has 2 aromatic rings. The van der Waals surface area contributed by atoms with Crippen LogP contribution in [0.2, 0.25) is 5.02 Å². The lowest BCUT2D eigenvalue weighted by Crippen LogP contribution is -1.70. The first-order chi connectivity index (χ1) is 7.79. The van der Waals surface area contributed by atoms with Crippen LogP contribution in [-0.2, 0) is 0 Å². The van der Waals surface area contributed by atoms with Gasteiger partial charge < -0.3 is 0 Å². The minimum Gasteiger partial charge on any atom is -0.193 e. The zero-order valence-corrected chi connectivity index (χ0v) is 9.92. The van der Waals surface area contributed by atoms with Crippen molar-refractivity contribution in [2.24, 2.45) is 0 Å². The van der Waals surface area contributed by atoms with E-state index in [9.17, 15) is 0 Å². The monoisotopic (exact) mass is 245 g/mol. The Morgan fingerprint density at radius 3 is 2.88 bits per heavy atom. The molecule has 1 heterocycles. The van der Waals surface area contributed by atoms with E-state index < -0.39 is 0 Å². The molecule has 0 N–H and O–H groups in total. The van der Waals surface area contributed by atoms with Gasteiger partial charge in [-0.05, 0) is 35.9 Å². The fourth-order valence-electron chi connectivity index (χ4n) is 1.36. The first-order valence-corrected chi connectivity index (χ1v) is 5.91. The van der Waals surface area contributed by atoms with Crippen molar-refractivity contribution < 1.29 is 0 Å². The second-order valence-electron chi connectivity index (χ2n) is 3.17. The van der Waals surface area contributed by atoms with E-state index in [1.54, 1.807) is 17.4 Å². The molecule has 0 fully saturated rings. The minimum absolute atomic E-state index is 0.736. The van der Waals surface area contributed by atoms with Crippen molar-refractivity contribution in [1.29, 1.82) is 5.26 Å². The molecule has 0 spiro atoms. The number of halogens is 1. The second kappa shape index (κ2) is 4.98. The van der Waals surface area contributed by atoms with E-state index in [0.717, 1.165) is 20.3 Å². The van der Waals surface area contributed by atoms with Gasteiger partial charge in [-0.25, -0.2) is 0 Å². The van der Waals surface area contributed by atoms with Crippen molar-refractivity contribution >= 4 is 29.0 Å². The van der Waals surface area contributed by atoms with Crippen LogP contribution in [0.5, 0.6) is 0 Å². The van der Waals surface area contributed by atoms with Crippen molar-refractivity contribution in [3.63, 3.8) is 0 Å². The first kappa shape index (κ1) is 10.9. The molecule has 0 unspecified atom stereocenters. The first-order valence-electron chi connectivity index (χ1n) is 4.71. The number of thiophene rings is 1. The van der Waals surface area contributed by atoms with Crippen LogP contribution in [0.15, 0.2) is 42.5 Å². The standard InChI is InChI=1S/C13H8ClNS/c14-11-4-1-3-10(9-11)13-7-6-12(16-13)5-2-8-15/h1-7,9H/b5-2+. The quantitative estimate of drug-likeness (QED) is 0.709. The van der Waals surface area contributed by atoms with Gasteiger partial charge in [-0.1, -0.05) is 23.7 Å². The Morgan fingerprint density at radius 1 is 1.25 bits per heavy atom. The van der Waals surface area contributed by atoms with Gasteiger partial charge in [-0.3, -0.25) is 0 Å². The lowest BCUT2D eigenvalue weighted by molar-refractivity contribution is 1.54. The van der Waals surface area contributed by atoms with E-state index in [4.69, 9.17) is 16.9 Å². The molecule has 0 amide bonds. The summed E-state index contributed by atoms with van der Waals surface area (Å²) in [5.74, 6) is 0. The fraction of sp³-hybridized carbons (Fsp3) is 0. The number of hydrogen-bond donors (Lipinski definition) is 0. The Balaban J connectivity index is 2.32. The molecule has 0 radical (unpaired) electrons. The second-order valence-corrected chi connectivity index (χ2v) is 4.73. The fourth-order valence-corrected chi connectivity index (χ4v) is 2.46. The van der Waals surface area contributed by atoms with Gasteiger partial charge >= 0.3 is 0 Å². The summed E-state index contributed by atoms with van der Waals surface area (Å²) in [4.78, 5) is 2.22. The molecule has 16 heavy (non-hydrogen) atoms. The van der Waals surface area contributed by atoms with Crippen LogP contribution in [-0.4, -0.2) is 0 Å². The molecule has 0 aliphatic rings. The summed E-state index contributed by atoms with van der Waals surface area (Å²) in [6.07, 6.45) is 3.28. The number of allylic oxidation sites excluding steroid dienone is 1. The number of nitriles is 1. The van der Waals surface area contributed by atoms with Crippen molar-refractivity contribution in [2.45, 2.75) is 0 Å². The van der Waals surface area contributed by atoms with Crippen LogP contribution in [0, 0.1) is 11.3 Å². The predicted molar refractivity (Wildman–Crippen MR) is 69.4 cm³/mol. The summed E-state index contributed by atoms with van der Waals surface area (Å²) in [5.41, 5.74) is 1.11. The molecule has 1 aromatic heterocycles. The maximum atomic E-state index is 8.44. The van der Waals surface area contributed by atoms with Crippen LogP contribution in [0.3, 0.4) is 0 Å².